The van der Waals surface area contributed by atoms with E-state index < -0.39 is 0 Å². The van der Waals surface area contributed by atoms with E-state index in [0.29, 0.717) is 41.0 Å². The predicted molar refractivity (Wildman–Crippen MR) is 109 cm³/mol. The molecule has 0 unspecified atom stereocenters. The maximum Gasteiger partial charge on any atom is 0.241 e. The molecule has 29 heavy (non-hydrogen) atoms. The predicted octanol–water partition coefficient (Wildman–Crippen LogP) is 2.90. The van der Waals surface area contributed by atoms with Crippen LogP contribution in [0.25, 0.3) is 0 Å². The zero-order valence-corrected chi connectivity index (χ0v) is 16.8. The molecule has 0 radical (unpaired) electrons. The van der Waals surface area contributed by atoms with Gasteiger partial charge in [0.1, 0.15) is 0 Å². The molecule has 150 valence electrons. The van der Waals surface area contributed by atoms with Crippen LogP contribution < -0.4 is 5.32 Å². The van der Waals surface area contributed by atoms with Crippen molar-refractivity contribution in [2.24, 2.45) is 0 Å². The van der Waals surface area contributed by atoms with Crippen LogP contribution in [0.4, 0.5) is 5.69 Å². The lowest BCUT2D eigenvalue weighted by Crippen LogP contribution is -2.52. The summed E-state index contributed by atoms with van der Waals surface area (Å²) in [5.74, 6) is -0.519. The van der Waals surface area contributed by atoms with Crippen LogP contribution in [0.3, 0.4) is 0 Å². The van der Waals surface area contributed by atoms with Crippen molar-refractivity contribution in [2.75, 3.05) is 18.4 Å². The van der Waals surface area contributed by atoms with Gasteiger partial charge in [0.25, 0.3) is 0 Å². The number of rotatable bonds is 3. The lowest BCUT2D eigenvalue weighted by molar-refractivity contribution is -0.126. The summed E-state index contributed by atoms with van der Waals surface area (Å²) in [6.07, 6.45) is 0.142. The van der Waals surface area contributed by atoms with E-state index in [4.69, 9.17) is 4.74 Å². The molecule has 2 aromatic carbocycles. The normalized spacial score (nSPS) is 22.6. The highest BCUT2D eigenvalue weighted by Gasteiger charge is 2.31. The second-order valence-electron chi connectivity index (χ2n) is 7.84. The van der Waals surface area contributed by atoms with Crippen molar-refractivity contribution in [1.29, 1.82) is 0 Å². The highest BCUT2D eigenvalue weighted by atomic mass is 16.5. The first-order valence-corrected chi connectivity index (χ1v) is 9.88. The number of carbonyl (C=O) groups excluding carboxylic acids is 3. The Bertz CT molecular complexity index is 990. The summed E-state index contributed by atoms with van der Waals surface area (Å²) in [7, 11) is 0. The molecule has 1 N–H and O–H groups in total. The van der Waals surface area contributed by atoms with E-state index in [1.165, 1.54) is 0 Å². The Hall–Kier alpha value is -2.83. The van der Waals surface area contributed by atoms with Crippen LogP contribution in [0.1, 0.15) is 52.6 Å². The lowest BCUT2D eigenvalue weighted by Gasteiger charge is -2.38. The van der Waals surface area contributed by atoms with Crippen LogP contribution in [0.15, 0.2) is 42.5 Å². The van der Waals surface area contributed by atoms with Gasteiger partial charge in [0.15, 0.2) is 11.6 Å². The Morgan fingerprint density at radius 3 is 2.14 bits per heavy atom. The summed E-state index contributed by atoms with van der Waals surface area (Å²) in [5, 5.41) is 2.89. The van der Waals surface area contributed by atoms with Crippen LogP contribution in [0.5, 0.6) is 0 Å². The second-order valence-corrected chi connectivity index (χ2v) is 7.84. The van der Waals surface area contributed by atoms with E-state index in [9.17, 15) is 14.4 Å². The van der Waals surface area contributed by atoms with Gasteiger partial charge in [0.05, 0.1) is 18.2 Å². The standard InChI is InChI=1S/C23H24N2O4/c1-13-11-25(12-14(2)29-13)15(3)23(28)24-16-8-9-19-20(10-16)22(27)18-7-5-4-6-17(18)21(19)26/h4-10,13-15H,11-12H2,1-3H3,(H,24,28)/t13-,14-,15+/m1/s1. The number of carbonyl (C=O) groups is 3. The fraction of sp³-hybridized carbons (Fsp3) is 0.348. The van der Waals surface area contributed by atoms with Gasteiger partial charge in [-0.2, -0.15) is 0 Å². The zero-order valence-electron chi connectivity index (χ0n) is 16.8. The number of ether oxygens (including phenoxy) is 1. The molecule has 6 nitrogen and oxygen atoms in total. The van der Waals surface area contributed by atoms with Gasteiger partial charge in [0, 0.05) is 41.0 Å². The number of ketones is 2. The Balaban J connectivity index is 1.54. The van der Waals surface area contributed by atoms with Gasteiger partial charge >= 0.3 is 0 Å². The maximum absolute atomic E-state index is 12.9. The number of hydrogen-bond acceptors (Lipinski definition) is 5. The van der Waals surface area contributed by atoms with Gasteiger partial charge in [-0.05, 0) is 39.0 Å². The molecule has 0 spiro atoms. The summed E-state index contributed by atoms with van der Waals surface area (Å²) in [4.78, 5) is 40.4. The van der Waals surface area contributed by atoms with Crippen molar-refractivity contribution >= 4 is 23.2 Å². The molecule has 1 aliphatic carbocycles. The van der Waals surface area contributed by atoms with Crippen LogP contribution >= 0.6 is 0 Å². The van der Waals surface area contributed by atoms with Crippen molar-refractivity contribution in [3.05, 3.63) is 64.7 Å². The summed E-state index contributed by atoms with van der Waals surface area (Å²) < 4.78 is 5.73. The molecule has 0 aromatic heterocycles. The average molecular weight is 392 g/mol. The first kappa shape index (κ1) is 19.5. The first-order chi connectivity index (χ1) is 13.8. The maximum atomic E-state index is 12.9. The molecule has 6 heteroatoms. The van der Waals surface area contributed by atoms with E-state index in [0.717, 1.165) is 0 Å². The van der Waals surface area contributed by atoms with Gasteiger partial charge < -0.3 is 10.1 Å². The third-order valence-electron chi connectivity index (χ3n) is 5.57. The minimum atomic E-state index is -0.335. The summed E-state index contributed by atoms with van der Waals surface area (Å²) in [6, 6.07) is 11.4. The number of amides is 1. The smallest absolute Gasteiger partial charge is 0.241 e. The number of benzene rings is 2. The number of nitrogens with one attached hydrogen (secondary N) is 1. The highest BCUT2D eigenvalue weighted by Crippen LogP contribution is 2.29. The molecule has 1 amide bonds. The van der Waals surface area contributed by atoms with Gasteiger partial charge in [-0.15, -0.1) is 0 Å². The molecule has 1 heterocycles. The van der Waals surface area contributed by atoms with Crippen molar-refractivity contribution in [3.8, 4) is 0 Å². The highest BCUT2D eigenvalue weighted by molar-refractivity contribution is 6.28. The van der Waals surface area contributed by atoms with Crippen LogP contribution in [0, 0.1) is 0 Å². The van der Waals surface area contributed by atoms with Crippen LogP contribution in [-0.2, 0) is 9.53 Å². The van der Waals surface area contributed by atoms with Crippen LogP contribution in [-0.4, -0.2) is 53.7 Å². The van der Waals surface area contributed by atoms with E-state index in [1.54, 1.807) is 42.5 Å². The molecule has 1 fully saturated rings. The number of anilines is 1. The molecular formula is C23H24N2O4. The number of nitrogens with zero attached hydrogens (tertiary/aromatic N) is 1. The number of morpholine rings is 1. The Morgan fingerprint density at radius 1 is 0.966 bits per heavy atom. The van der Waals surface area contributed by atoms with Gasteiger partial charge in [-0.3, -0.25) is 19.3 Å². The summed E-state index contributed by atoms with van der Waals surface area (Å²) in [5.41, 5.74) is 2.03. The average Bonchev–Trinajstić information content (AvgIpc) is 2.70. The van der Waals surface area contributed by atoms with Crippen molar-refractivity contribution < 1.29 is 19.1 Å². The zero-order chi connectivity index (χ0) is 20.7. The quantitative estimate of drug-likeness (QED) is 0.742. The summed E-state index contributed by atoms with van der Waals surface area (Å²) >= 11 is 0. The number of hydrogen-bond donors (Lipinski definition) is 1. The number of fused-ring (bicyclic) bond motifs is 2. The van der Waals surface area contributed by atoms with E-state index in [2.05, 4.69) is 10.2 Å². The monoisotopic (exact) mass is 392 g/mol. The molecule has 2 aliphatic rings. The summed E-state index contributed by atoms with van der Waals surface area (Å²) in [6.45, 7) is 7.23. The topological polar surface area (TPSA) is 75.7 Å². The molecule has 4 rings (SSSR count). The Labute approximate surface area is 169 Å². The van der Waals surface area contributed by atoms with E-state index in [1.807, 2.05) is 20.8 Å². The lowest BCUT2D eigenvalue weighted by atomic mass is 9.84. The largest absolute Gasteiger partial charge is 0.373 e. The first-order valence-electron chi connectivity index (χ1n) is 9.88. The van der Waals surface area contributed by atoms with E-state index >= 15 is 0 Å². The van der Waals surface area contributed by atoms with Crippen molar-refractivity contribution in [3.63, 3.8) is 0 Å². The van der Waals surface area contributed by atoms with Crippen LogP contribution in [0.2, 0.25) is 0 Å². The molecule has 1 saturated heterocycles. The van der Waals surface area contributed by atoms with Crippen molar-refractivity contribution in [2.45, 2.75) is 39.0 Å². The molecule has 0 bridgehead atoms. The second kappa shape index (κ2) is 7.54. The minimum absolute atomic E-state index is 0.0708. The molecule has 0 saturated carbocycles. The van der Waals surface area contributed by atoms with E-state index in [-0.39, 0.29) is 35.7 Å². The van der Waals surface area contributed by atoms with Crippen molar-refractivity contribution in [1.82, 2.24) is 4.90 Å². The minimum Gasteiger partial charge on any atom is -0.373 e. The van der Waals surface area contributed by atoms with Gasteiger partial charge in [-0.25, -0.2) is 0 Å². The third-order valence-corrected chi connectivity index (χ3v) is 5.57. The van der Waals surface area contributed by atoms with Gasteiger partial charge in [-0.1, -0.05) is 24.3 Å². The Kier molecular flexibility index (Phi) is 5.06. The SMILES string of the molecule is C[C@@H]1CN([C@@H](C)C(=O)Nc2ccc3c(c2)C(=O)c2ccccc2C3=O)C[C@@H](C)O1. The third kappa shape index (κ3) is 3.61. The molecule has 1 aliphatic heterocycles. The fourth-order valence-electron chi connectivity index (χ4n) is 4.12. The van der Waals surface area contributed by atoms with Gasteiger partial charge in [0.2, 0.25) is 5.91 Å². The molecule has 2 aromatic rings. The fourth-order valence-corrected chi connectivity index (χ4v) is 4.12. The Morgan fingerprint density at radius 2 is 1.52 bits per heavy atom. The molecular weight excluding hydrogens is 368 g/mol. The molecule has 3 atom stereocenters.